The number of allylic oxidation sites excluding steroid dienone is 1. The molecule has 1 aliphatic rings. The smallest absolute Gasteiger partial charge is 0.338 e. The number of ether oxygens (including phenoxy) is 2. The van der Waals surface area contributed by atoms with Crippen LogP contribution in [0.25, 0.3) is 17.4 Å². The van der Waals surface area contributed by atoms with Gasteiger partial charge in [0.05, 0.1) is 29.5 Å². The lowest BCUT2D eigenvalue weighted by molar-refractivity contribution is -0.139. The first-order valence-electron chi connectivity index (χ1n) is 12.8. The van der Waals surface area contributed by atoms with E-state index in [0.29, 0.717) is 49.9 Å². The van der Waals surface area contributed by atoms with Crippen LogP contribution < -0.4 is 19.6 Å². The van der Waals surface area contributed by atoms with Gasteiger partial charge in [0.2, 0.25) is 0 Å². The van der Waals surface area contributed by atoms with Crippen molar-refractivity contribution < 1.29 is 18.7 Å². The number of hydrogen-bond donors (Lipinski definition) is 0. The topological polar surface area (TPSA) is 83.0 Å². The van der Waals surface area contributed by atoms with Gasteiger partial charge in [-0.1, -0.05) is 74.7 Å². The summed E-state index contributed by atoms with van der Waals surface area (Å²) in [6.07, 6.45) is 3.05. The van der Waals surface area contributed by atoms with Crippen LogP contribution in [0.1, 0.15) is 44.1 Å². The highest BCUT2D eigenvalue weighted by Crippen LogP contribution is 2.37. The van der Waals surface area contributed by atoms with Crippen LogP contribution in [0, 0.1) is 0 Å². The molecule has 0 saturated carbocycles. The molecule has 3 heterocycles. The number of benzene rings is 2. The summed E-state index contributed by atoms with van der Waals surface area (Å²) in [5.74, 6) is 1.26. The van der Waals surface area contributed by atoms with Crippen molar-refractivity contribution in [2.75, 3.05) is 13.7 Å². The Kier molecular flexibility index (Phi) is 8.58. The lowest BCUT2D eigenvalue weighted by atomic mass is 9.93. The van der Waals surface area contributed by atoms with Crippen molar-refractivity contribution in [3.05, 3.63) is 106 Å². The number of hydrogen-bond acceptors (Lipinski definition) is 7. The number of nitrogens with zero attached hydrogens (tertiary/aromatic N) is 2. The largest absolute Gasteiger partial charge is 0.496 e. The molecule has 40 heavy (non-hydrogen) atoms. The van der Waals surface area contributed by atoms with Gasteiger partial charge in [0.15, 0.2) is 4.80 Å². The van der Waals surface area contributed by atoms with E-state index in [2.05, 4.69) is 31.9 Å². The predicted molar refractivity (Wildman–Crippen MR) is 162 cm³/mol. The van der Waals surface area contributed by atoms with Gasteiger partial charge < -0.3 is 13.9 Å². The van der Waals surface area contributed by atoms with Gasteiger partial charge in [-0.3, -0.25) is 9.36 Å². The van der Waals surface area contributed by atoms with Crippen LogP contribution in [0.3, 0.4) is 0 Å². The molecule has 10 heteroatoms. The second-order valence-corrected chi connectivity index (χ2v) is 11.8. The van der Waals surface area contributed by atoms with Crippen molar-refractivity contribution in [1.82, 2.24) is 4.57 Å². The van der Waals surface area contributed by atoms with Gasteiger partial charge in [-0.05, 0) is 49.7 Å². The second kappa shape index (κ2) is 12.1. The van der Waals surface area contributed by atoms with E-state index in [9.17, 15) is 9.59 Å². The molecule has 5 rings (SSSR count). The highest BCUT2D eigenvalue weighted by atomic mass is 79.9. The average Bonchev–Trinajstić information content (AvgIpc) is 3.53. The molecule has 1 atom stereocenters. The summed E-state index contributed by atoms with van der Waals surface area (Å²) in [6.45, 7) is 3.99. The molecule has 0 bridgehead atoms. The van der Waals surface area contributed by atoms with Crippen LogP contribution >= 0.6 is 43.2 Å². The number of aromatic nitrogens is 1. The lowest BCUT2D eigenvalue weighted by Gasteiger charge is -2.26. The molecule has 0 amide bonds. The summed E-state index contributed by atoms with van der Waals surface area (Å²) in [6, 6.07) is 16.2. The maximum absolute atomic E-state index is 14.0. The molecule has 0 saturated heterocycles. The number of thiazole rings is 1. The van der Waals surface area contributed by atoms with E-state index in [0.717, 1.165) is 20.9 Å². The number of esters is 1. The quantitative estimate of drug-likeness (QED) is 0.201. The maximum atomic E-state index is 14.0. The van der Waals surface area contributed by atoms with Gasteiger partial charge >= 0.3 is 5.97 Å². The zero-order valence-corrected chi connectivity index (χ0v) is 26.1. The Hall–Kier alpha value is -3.21. The molecule has 0 fully saturated rings. The Balaban J connectivity index is 1.70. The van der Waals surface area contributed by atoms with E-state index < -0.39 is 12.0 Å². The molecule has 4 aromatic rings. The SMILES string of the molecule is CCCC1=C(C(=O)OCC)[C@H](c2ccccc2OC)n2c(s/c(=C/c3ccc(-c4cc(Br)ccc4Br)o3)c2=O)=N1. The number of carbonyl (C=O) groups excluding carboxylic acids is 1. The number of carbonyl (C=O) groups is 1. The van der Waals surface area contributed by atoms with Crippen LogP contribution in [0.4, 0.5) is 0 Å². The Labute approximate surface area is 251 Å². The first-order valence-corrected chi connectivity index (χ1v) is 15.2. The van der Waals surface area contributed by atoms with Gasteiger partial charge in [0, 0.05) is 26.1 Å². The fourth-order valence-corrected chi connectivity index (χ4v) is 6.50. The number of furan rings is 1. The molecule has 2 aromatic heterocycles. The van der Waals surface area contributed by atoms with E-state index in [1.807, 2.05) is 61.5 Å². The van der Waals surface area contributed by atoms with Crippen LogP contribution in [0.2, 0.25) is 0 Å². The van der Waals surface area contributed by atoms with E-state index >= 15 is 0 Å². The summed E-state index contributed by atoms with van der Waals surface area (Å²) in [4.78, 5) is 32.6. The molecule has 0 radical (unpaired) electrons. The summed E-state index contributed by atoms with van der Waals surface area (Å²) in [5, 5.41) is 0. The summed E-state index contributed by atoms with van der Waals surface area (Å²) >= 11 is 8.34. The van der Waals surface area contributed by atoms with Gasteiger partial charge in [-0.25, -0.2) is 9.79 Å². The molecule has 2 aromatic carbocycles. The molecule has 206 valence electrons. The van der Waals surface area contributed by atoms with Crippen LogP contribution in [-0.2, 0) is 9.53 Å². The number of rotatable bonds is 8. The lowest BCUT2D eigenvalue weighted by Crippen LogP contribution is -2.40. The van der Waals surface area contributed by atoms with Gasteiger partial charge in [-0.2, -0.15) is 0 Å². The van der Waals surface area contributed by atoms with E-state index in [1.54, 1.807) is 24.7 Å². The third kappa shape index (κ3) is 5.40. The van der Waals surface area contributed by atoms with Crippen molar-refractivity contribution in [2.24, 2.45) is 4.99 Å². The van der Waals surface area contributed by atoms with Crippen molar-refractivity contribution >= 4 is 55.2 Å². The Morgan fingerprint density at radius 3 is 2.70 bits per heavy atom. The third-order valence-corrected chi connectivity index (χ3v) is 8.59. The molecular weight excluding hydrogens is 660 g/mol. The van der Waals surface area contributed by atoms with Crippen molar-refractivity contribution in [2.45, 2.75) is 32.7 Å². The molecule has 0 N–H and O–H groups in total. The fourth-order valence-electron chi connectivity index (χ4n) is 4.70. The molecular formula is C30H26Br2N2O5S. The highest BCUT2D eigenvalue weighted by Gasteiger charge is 2.35. The molecule has 7 nitrogen and oxygen atoms in total. The monoisotopic (exact) mass is 684 g/mol. The first-order chi connectivity index (χ1) is 19.4. The zero-order valence-electron chi connectivity index (χ0n) is 22.1. The number of methoxy groups -OCH3 is 1. The predicted octanol–water partition coefficient (Wildman–Crippen LogP) is 6.37. The second-order valence-electron chi connectivity index (χ2n) is 8.98. The average molecular weight is 686 g/mol. The van der Waals surface area contributed by atoms with E-state index in [4.69, 9.17) is 18.9 Å². The Morgan fingerprint density at radius 2 is 1.95 bits per heavy atom. The van der Waals surface area contributed by atoms with Crippen LogP contribution in [0.5, 0.6) is 5.75 Å². The van der Waals surface area contributed by atoms with Crippen molar-refractivity contribution in [3.8, 4) is 17.1 Å². The van der Waals surface area contributed by atoms with Crippen LogP contribution in [0.15, 0.2) is 89.0 Å². The minimum absolute atomic E-state index is 0.208. The third-order valence-electron chi connectivity index (χ3n) is 6.42. The minimum Gasteiger partial charge on any atom is -0.496 e. The Morgan fingerprint density at radius 1 is 1.15 bits per heavy atom. The summed E-state index contributed by atoms with van der Waals surface area (Å²) in [7, 11) is 1.57. The Bertz CT molecular complexity index is 1800. The summed E-state index contributed by atoms with van der Waals surface area (Å²) in [5.41, 5.74) is 2.26. The first kappa shape index (κ1) is 28.3. The molecule has 0 aliphatic carbocycles. The number of halogens is 2. The highest BCUT2D eigenvalue weighted by molar-refractivity contribution is 9.11. The molecule has 1 aliphatic heterocycles. The van der Waals surface area contributed by atoms with Crippen LogP contribution in [-0.4, -0.2) is 24.3 Å². The number of para-hydroxylation sites is 1. The molecule has 0 unspecified atom stereocenters. The van der Waals surface area contributed by atoms with E-state index in [-0.39, 0.29) is 12.2 Å². The fraction of sp³-hybridized carbons (Fsp3) is 0.233. The van der Waals surface area contributed by atoms with Gasteiger partial charge in [0.25, 0.3) is 5.56 Å². The minimum atomic E-state index is -0.750. The standard InChI is InChI=1S/C30H26Br2N2O5S/c1-4-8-22-26(29(36)38-5-2)27(19-9-6-7-10-23(19)37-3)34-28(35)25(40-30(34)33-22)16-18-12-14-24(39-18)20-15-17(31)11-13-21(20)32/h6-7,9-16,27H,4-5,8H2,1-3H3/b25-16+/t27-/m0/s1. The van der Waals surface area contributed by atoms with Gasteiger partial charge in [0.1, 0.15) is 23.3 Å². The molecule has 0 spiro atoms. The summed E-state index contributed by atoms with van der Waals surface area (Å²) < 4.78 is 21.0. The normalized spacial score (nSPS) is 15.1. The number of fused-ring (bicyclic) bond motifs is 1. The van der Waals surface area contributed by atoms with Crippen molar-refractivity contribution in [1.29, 1.82) is 0 Å². The zero-order chi connectivity index (χ0) is 28.4. The maximum Gasteiger partial charge on any atom is 0.338 e. The van der Waals surface area contributed by atoms with Gasteiger partial charge in [-0.15, -0.1) is 0 Å². The van der Waals surface area contributed by atoms with E-state index in [1.165, 1.54) is 11.3 Å². The van der Waals surface area contributed by atoms with Crippen molar-refractivity contribution in [3.63, 3.8) is 0 Å².